The summed E-state index contributed by atoms with van der Waals surface area (Å²) in [6, 6.07) is 4.71. The maximum absolute atomic E-state index is 11.2. The fourth-order valence-electron chi connectivity index (χ4n) is 0.898. The quantitative estimate of drug-likeness (QED) is 0.845. The molecule has 0 radical (unpaired) electrons. The fraction of sp³-hybridized carbons (Fsp3) is 0. The first-order valence-electron chi connectivity index (χ1n) is 3.29. The topological polar surface area (TPSA) is 83.9 Å². The Morgan fingerprint density at radius 3 is 2.36 bits per heavy atom. The third-order valence-electron chi connectivity index (χ3n) is 1.45. The van der Waals surface area contributed by atoms with Crippen LogP contribution in [-0.4, -0.2) is 8.42 Å². The number of sulfonamides is 1. The second kappa shape index (κ2) is 3.98. The van der Waals surface area contributed by atoms with Crippen LogP contribution >= 0.6 is 31.9 Å². The molecular formula is C7H4Br2N2O2S. The number of nitriles is 1. The van der Waals surface area contributed by atoms with Crippen LogP contribution in [0.15, 0.2) is 26.0 Å². The first-order valence-corrected chi connectivity index (χ1v) is 6.42. The molecule has 2 N–H and O–H groups in total. The van der Waals surface area contributed by atoms with Crippen molar-refractivity contribution in [3.63, 3.8) is 0 Å². The number of hydrogen-bond acceptors (Lipinski definition) is 3. The third kappa shape index (κ3) is 2.15. The molecule has 1 aromatic rings. The van der Waals surface area contributed by atoms with Crippen LogP contribution in [0.3, 0.4) is 0 Å². The van der Waals surface area contributed by atoms with Gasteiger partial charge in [0.1, 0.15) is 11.0 Å². The molecule has 0 aliphatic carbocycles. The molecular weight excluding hydrogens is 336 g/mol. The summed E-state index contributed by atoms with van der Waals surface area (Å²) in [5.74, 6) is 0. The molecule has 0 saturated carbocycles. The summed E-state index contributed by atoms with van der Waals surface area (Å²) < 4.78 is 23.1. The van der Waals surface area contributed by atoms with Gasteiger partial charge >= 0.3 is 0 Å². The van der Waals surface area contributed by atoms with Crippen LogP contribution in [0.4, 0.5) is 0 Å². The minimum atomic E-state index is -3.90. The van der Waals surface area contributed by atoms with E-state index >= 15 is 0 Å². The van der Waals surface area contributed by atoms with Gasteiger partial charge in [0, 0.05) is 4.47 Å². The minimum absolute atomic E-state index is 0.0163. The van der Waals surface area contributed by atoms with Gasteiger partial charge in [-0.1, -0.05) is 0 Å². The van der Waals surface area contributed by atoms with E-state index in [1.54, 1.807) is 12.1 Å². The Morgan fingerprint density at radius 2 is 1.93 bits per heavy atom. The average Bonchev–Trinajstić information content (AvgIpc) is 2.07. The van der Waals surface area contributed by atoms with Crippen LogP contribution in [0.25, 0.3) is 0 Å². The molecule has 1 rings (SSSR count). The van der Waals surface area contributed by atoms with Crippen LogP contribution in [0, 0.1) is 11.3 Å². The summed E-state index contributed by atoms with van der Waals surface area (Å²) in [5, 5.41) is 13.7. The summed E-state index contributed by atoms with van der Waals surface area (Å²) in [5.41, 5.74) is 0.0163. The first kappa shape index (κ1) is 11.7. The number of halogens is 2. The van der Waals surface area contributed by atoms with Gasteiger partial charge < -0.3 is 0 Å². The second-order valence-electron chi connectivity index (χ2n) is 2.39. The Kier molecular flexibility index (Phi) is 3.32. The Morgan fingerprint density at radius 1 is 1.36 bits per heavy atom. The van der Waals surface area contributed by atoms with Crippen LogP contribution < -0.4 is 5.14 Å². The molecule has 14 heavy (non-hydrogen) atoms. The number of nitrogens with zero attached hydrogens (tertiary/aromatic N) is 1. The van der Waals surface area contributed by atoms with Crippen molar-refractivity contribution in [2.45, 2.75) is 4.90 Å². The van der Waals surface area contributed by atoms with Crippen LogP contribution in [0.1, 0.15) is 5.56 Å². The summed E-state index contributed by atoms with van der Waals surface area (Å²) in [7, 11) is -3.90. The number of rotatable bonds is 1. The van der Waals surface area contributed by atoms with Gasteiger partial charge in [-0.05, 0) is 44.0 Å². The van der Waals surface area contributed by atoms with Crippen molar-refractivity contribution in [3.05, 3.63) is 26.6 Å². The molecule has 0 saturated heterocycles. The van der Waals surface area contributed by atoms with Crippen molar-refractivity contribution in [2.24, 2.45) is 5.14 Å². The van der Waals surface area contributed by atoms with Crippen molar-refractivity contribution >= 4 is 41.9 Å². The summed E-state index contributed by atoms with van der Waals surface area (Å²) in [4.78, 5) is -0.200. The van der Waals surface area contributed by atoms with E-state index in [1.165, 1.54) is 6.07 Å². The zero-order valence-electron chi connectivity index (χ0n) is 6.66. The zero-order valence-corrected chi connectivity index (χ0v) is 10.6. The highest BCUT2D eigenvalue weighted by Gasteiger charge is 2.19. The first-order chi connectivity index (χ1) is 6.38. The van der Waals surface area contributed by atoms with E-state index in [1.807, 2.05) is 0 Å². The Hall–Kier alpha value is -0.420. The molecule has 0 heterocycles. The van der Waals surface area contributed by atoms with E-state index < -0.39 is 10.0 Å². The molecule has 74 valence electrons. The number of hydrogen-bond donors (Lipinski definition) is 1. The fourth-order valence-corrected chi connectivity index (χ4v) is 3.16. The summed E-state index contributed by atoms with van der Waals surface area (Å²) in [6.07, 6.45) is 0. The zero-order chi connectivity index (χ0) is 10.9. The Labute approximate surface area is 98.0 Å². The predicted molar refractivity (Wildman–Crippen MR) is 57.9 cm³/mol. The lowest BCUT2D eigenvalue weighted by molar-refractivity contribution is 0.597. The van der Waals surface area contributed by atoms with Crippen molar-refractivity contribution in [1.82, 2.24) is 0 Å². The maximum Gasteiger partial charge on any atom is 0.240 e. The van der Waals surface area contributed by atoms with Gasteiger partial charge in [0.15, 0.2) is 0 Å². The second-order valence-corrected chi connectivity index (χ2v) is 5.54. The van der Waals surface area contributed by atoms with Gasteiger partial charge in [-0.3, -0.25) is 0 Å². The van der Waals surface area contributed by atoms with E-state index in [-0.39, 0.29) is 14.9 Å². The molecule has 0 unspecified atom stereocenters. The van der Waals surface area contributed by atoms with Crippen LogP contribution in [-0.2, 0) is 10.0 Å². The van der Waals surface area contributed by atoms with E-state index in [4.69, 9.17) is 10.4 Å². The van der Waals surface area contributed by atoms with Gasteiger partial charge in [-0.2, -0.15) is 5.26 Å². The Balaban J connectivity index is 3.72. The molecule has 0 spiro atoms. The largest absolute Gasteiger partial charge is 0.240 e. The number of nitrogens with two attached hydrogens (primary N) is 1. The maximum atomic E-state index is 11.2. The van der Waals surface area contributed by atoms with Gasteiger partial charge in [-0.25, -0.2) is 13.6 Å². The third-order valence-corrected chi connectivity index (χ3v) is 4.73. The molecule has 0 amide bonds. The number of primary sulfonamides is 1. The van der Waals surface area contributed by atoms with Crippen LogP contribution in [0.5, 0.6) is 0 Å². The highest BCUT2D eigenvalue weighted by atomic mass is 79.9. The minimum Gasteiger partial charge on any atom is -0.225 e. The van der Waals surface area contributed by atoms with E-state index in [9.17, 15) is 8.42 Å². The van der Waals surface area contributed by atoms with Crippen molar-refractivity contribution in [1.29, 1.82) is 5.26 Å². The van der Waals surface area contributed by atoms with E-state index in [0.717, 1.165) is 0 Å². The molecule has 0 aliphatic rings. The summed E-state index contributed by atoms with van der Waals surface area (Å²) in [6.45, 7) is 0. The molecule has 0 aromatic heterocycles. The monoisotopic (exact) mass is 338 g/mol. The van der Waals surface area contributed by atoms with Crippen LogP contribution in [0.2, 0.25) is 0 Å². The predicted octanol–water partition coefficient (Wildman–Crippen LogP) is 1.73. The lowest BCUT2D eigenvalue weighted by atomic mass is 10.2. The summed E-state index contributed by atoms with van der Waals surface area (Å²) >= 11 is 6.18. The Bertz CT molecular complexity index is 519. The van der Waals surface area contributed by atoms with Gasteiger partial charge in [-0.15, -0.1) is 0 Å². The lowest BCUT2D eigenvalue weighted by Crippen LogP contribution is -2.14. The lowest BCUT2D eigenvalue weighted by Gasteiger charge is -2.05. The van der Waals surface area contributed by atoms with Gasteiger partial charge in [0.2, 0.25) is 10.0 Å². The molecule has 7 heteroatoms. The highest BCUT2D eigenvalue weighted by Crippen LogP contribution is 2.31. The normalized spacial score (nSPS) is 11.0. The van der Waals surface area contributed by atoms with Crippen molar-refractivity contribution < 1.29 is 8.42 Å². The molecule has 0 bridgehead atoms. The van der Waals surface area contributed by atoms with E-state index in [2.05, 4.69) is 31.9 Å². The standard InChI is InChI=1S/C7H4Br2N2O2S/c8-5-2-1-4(3-10)7(6(5)9)14(11,12)13/h1-2H,(H2,11,12,13). The van der Waals surface area contributed by atoms with Gasteiger partial charge in [0.25, 0.3) is 0 Å². The average molecular weight is 340 g/mol. The number of benzene rings is 1. The SMILES string of the molecule is N#Cc1ccc(Br)c(Br)c1S(N)(=O)=O. The van der Waals surface area contributed by atoms with Gasteiger partial charge in [0.05, 0.1) is 10.0 Å². The van der Waals surface area contributed by atoms with Crippen molar-refractivity contribution in [2.75, 3.05) is 0 Å². The molecule has 0 fully saturated rings. The molecule has 0 aliphatic heterocycles. The highest BCUT2D eigenvalue weighted by molar-refractivity contribution is 9.13. The molecule has 0 atom stereocenters. The molecule has 1 aromatic carbocycles. The van der Waals surface area contributed by atoms with Crippen molar-refractivity contribution in [3.8, 4) is 6.07 Å². The molecule has 4 nitrogen and oxygen atoms in total. The van der Waals surface area contributed by atoms with E-state index in [0.29, 0.717) is 4.47 Å². The smallest absolute Gasteiger partial charge is 0.225 e.